The summed E-state index contributed by atoms with van der Waals surface area (Å²) in [5, 5.41) is 3.49. The SMILES string of the molecule is Cc1conc1NS(=O)(=O)N(C)C. The first-order valence-electron chi connectivity index (χ1n) is 3.55. The van der Waals surface area contributed by atoms with Gasteiger partial charge in [0.2, 0.25) is 0 Å². The second-order valence-electron chi connectivity index (χ2n) is 2.74. The number of aryl methyl sites for hydroxylation is 1. The lowest BCUT2D eigenvalue weighted by Gasteiger charge is -2.11. The molecule has 7 heteroatoms. The molecule has 1 heterocycles. The van der Waals surface area contributed by atoms with Crippen LogP contribution in [0.2, 0.25) is 0 Å². The minimum atomic E-state index is -3.48. The maximum absolute atomic E-state index is 11.3. The van der Waals surface area contributed by atoms with Crippen molar-refractivity contribution in [2.75, 3.05) is 18.8 Å². The second kappa shape index (κ2) is 3.35. The lowest BCUT2D eigenvalue weighted by molar-refractivity contribution is 0.422. The van der Waals surface area contributed by atoms with E-state index in [9.17, 15) is 8.42 Å². The topological polar surface area (TPSA) is 75.4 Å². The molecular weight excluding hydrogens is 194 g/mol. The van der Waals surface area contributed by atoms with Crippen LogP contribution in [0, 0.1) is 6.92 Å². The van der Waals surface area contributed by atoms with Crippen LogP contribution in [0.3, 0.4) is 0 Å². The molecule has 13 heavy (non-hydrogen) atoms. The summed E-state index contributed by atoms with van der Waals surface area (Å²) in [5.74, 6) is 0.216. The van der Waals surface area contributed by atoms with E-state index in [4.69, 9.17) is 0 Å². The zero-order valence-corrected chi connectivity index (χ0v) is 8.42. The highest BCUT2D eigenvalue weighted by molar-refractivity contribution is 7.90. The third-order valence-electron chi connectivity index (χ3n) is 1.45. The molecule has 0 saturated carbocycles. The highest BCUT2D eigenvalue weighted by Crippen LogP contribution is 2.12. The monoisotopic (exact) mass is 205 g/mol. The Balaban J connectivity index is 2.88. The zero-order chi connectivity index (χ0) is 10.1. The summed E-state index contributed by atoms with van der Waals surface area (Å²) in [6.07, 6.45) is 1.37. The van der Waals surface area contributed by atoms with Gasteiger partial charge in [-0.3, -0.25) is 4.72 Å². The minimum Gasteiger partial charge on any atom is -0.362 e. The van der Waals surface area contributed by atoms with Gasteiger partial charge >= 0.3 is 10.2 Å². The molecule has 0 fully saturated rings. The molecule has 0 spiro atoms. The van der Waals surface area contributed by atoms with E-state index < -0.39 is 10.2 Å². The van der Waals surface area contributed by atoms with Crippen molar-refractivity contribution in [3.63, 3.8) is 0 Å². The maximum atomic E-state index is 11.3. The van der Waals surface area contributed by atoms with Crippen molar-refractivity contribution in [1.29, 1.82) is 0 Å². The van der Waals surface area contributed by atoms with Crippen molar-refractivity contribution < 1.29 is 12.9 Å². The van der Waals surface area contributed by atoms with E-state index in [1.54, 1.807) is 6.92 Å². The molecule has 0 aliphatic rings. The van der Waals surface area contributed by atoms with Crippen LogP contribution in [-0.4, -0.2) is 32.0 Å². The summed E-state index contributed by atoms with van der Waals surface area (Å²) in [6, 6.07) is 0. The van der Waals surface area contributed by atoms with Gasteiger partial charge in [0, 0.05) is 19.7 Å². The molecular formula is C6H11N3O3S. The molecule has 1 aromatic heterocycles. The Hall–Kier alpha value is -1.08. The van der Waals surface area contributed by atoms with Crippen molar-refractivity contribution in [1.82, 2.24) is 9.46 Å². The van der Waals surface area contributed by atoms with Crippen LogP contribution in [0.25, 0.3) is 0 Å². The normalized spacial score (nSPS) is 12.0. The molecule has 0 aliphatic heterocycles. The summed E-state index contributed by atoms with van der Waals surface area (Å²) in [4.78, 5) is 0. The molecule has 1 aromatic rings. The van der Waals surface area contributed by atoms with E-state index in [1.807, 2.05) is 0 Å². The highest BCUT2D eigenvalue weighted by Gasteiger charge is 2.15. The second-order valence-corrected chi connectivity index (χ2v) is 4.62. The van der Waals surface area contributed by atoms with Crippen molar-refractivity contribution in [3.05, 3.63) is 11.8 Å². The lowest BCUT2D eigenvalue weighted by atomic mass is 10.4. The van der Waals surface area contributed by atoms with Gasteiger partial charge in [-0.1, -0.05) is 5.16 Å². The van der Waals surface area contributed by atoms with Crippen LogP contribution in [0.5, 0.6) is 0 Å². The Bertz CT molecular complexity index is 382. The average molecular weight is 205 g/mol. The average Bonchev–Trinajstić information content (AvgIpc) is 2.35. The fraction of sp³-hybridized carbons (Fsp3) is 0.500. The summed E-state index contributed by atoms with van der Waals surface area (Å²) >= 11 is 0. The van der Waals surface area contributed by atoms with Crippen LogP contribution in [0.15, 0.2) is 10.8 Å². The molecule has 0 saturated heterocycles. The van der Waals surface area contributed by atoms with Gasteiger partial charge in [0.1, 0.15) is 6.26 Å². The first kappa shape index (κ1) is 10.0. The number of aromatic nitrogens is 1. The van der Waals surface area contributed by atoms with Crippen molar-refractivity contribution in [2.45, 2.75) is 6.92 Å². The Labute approximate surface area is 76.7 Å². The number of rotatable bonds is 3. The molecule has 0 radical (unpaired) electrons. The largest absolute Gasteiger partial charge is 0.362 e. The minimum absolute atomic E-state index is 0.216. The van der Waals surface area contributed by atoms with Crippen LogP contribution in [0.4, 0.5) is 5.82 Å². The number of nitrogens with zero attached hydrogens (tertiary/aromatic N) is 2. The Morgan fingerprint density at radius 1 is 1.54 bits per heavy atom. The van der Waals surface area contributed by atoms with E-state index in [0.717, 1.165) is 4.31 Å². The third kappa shape index (κ3) is 2.19. The maximum Gasteiger partial charge on any atom is 0.302 e. The van der Waals surface area contributed by atoms with Gasteiger partial charge in [0.25, 0.3) is 0 Å². The molecule has 6 nitrogen and oxygen atoms in total. The van der Waals surface area contributed by atoms with Crippen molar-refractivity contribution in [3.8, 4) is 0 Å². The third-order valence-corrected chi connectivity index (χ3v) is 2.87. The van der Waals surface area contributed by atoms with E-state index >= 15 is 0 Å². The van der Waals surface area contributed by atoms with Crippen LogP contribution in [-0.2, 0) is 10.2 Å². The number of anilines is 1. The first-order chi connectivity index (χ1) is 5.93. The molecule has 0 aliphatic carbocycles. The summed E-state index contributed by atoms with van der Waals surface area (Å²) < 4.78 is 30.5. The lowest BCUT2D eigenvalue weighted by Crippen LogP contribution is -2.29. The van der Waals surface area contributed by atoms with Crippen molar-refractivity contribution >= 4 is 16.0 Å². The Morgan fingerprint density at radius 3 is 2.54 bits per heavy atom. The Morgan fingerprint density at radius 2 is 2.15 bits per heavy atom. The predicted octanol–water partition coefficient (Wildman–Crippen LogP) is 0.201. The Kier molecular flexibility index (Phi) is 2.58. The molecule has 0 aromatic carbocycles. The van der Waals surface area contributed by atoms with Crippen LogP contribution >= 0.6 is 0 Å². The zero-order valence-electron chi connectivity index (χ0n) is 7.60. The first-order valence-corrected chi connectivity index (χ1v) is 4.99. The molecule has 0 unspecified atom stereocenters. The fourth-order valence-electron chi connectivity index (χ4n) is 0.599. The van der Waals surface area contributed by atoms with Gasteiger partial charge in [-0.25, -0.2) is 0 Å². The molecule has 74 valence electrons. The summed E-state index contributed by atoms with van der Waals surface area (Å²) in [5.41, 5.74) is 0.644. The van der Waals surface area contributed by atoms with E-state index in [2.05, 4.69) is 14.4 Å². The molecule has 0 amide bonds. The number of nitrogens with one attached hydrogen (secondary N) is 1. The van der Waals surface area contributed by atoms with Gasteiger partial charge in [0.15, 0.2) is 5.82 Å². The highest BCUT2D eigenvalue weighted by atomic mass is 32.2. The van der Waals surface area contributed by atoms with E-state index in [0.29, 0.717) is 5.56 Å². The van der Waals surface area contributed by atoms with Crippen LogP contribution in [0.1, 0.15) is 5.56 Å². The van der Waals surface area contributed by atoms with Gasteiger partial charge in [-0.05, 0) is 6.92 Å². The van der Waals surface area contributed by atoms with Crippen molar-refractivity contribution in [2.24, 2.45) is 0 Å². The predicted molar refractivity (Wildman–Crippen MR) is 47.5 cm³/mol. The van der Waals surface area contributed by atoms with Gasteiger partial charge < -0.3 is 4.52 Å². The number of hydrogen-bond acceptors (Lipinski definition) is 4. The molecule has 1 N–H and O–H groups in total. The molecule has 0 bridgehead atoms. The smallest absolute Gasteiger partial charge is 0.302 e. The van der Waals surface area contributed by atoms with Gasteiger partial charge in [-0.2, -0.15) is 12.7 Å². The van der Waals surface area contributed by atoms with Gasteiger partial charge in [0.05, 0.1) is 0 Å². The molecule has 0 atom stereocenters. The fourth-order valence-corrected chi connectivity index (χ4v) is 1.22. The standard InChI is InChI=1S/C6H11N3O3S/c1-5-4-12-7-6(5)8-13(10,11)9(2)3/h4H,1-3H3,(H,7,8). The quantitative estimate of drug-likeness (QED) is 0.764. The summed E-state index contributed by atoms with van der Waals surface area (Å²) in [6.45, 7) is 1.70. The van der Waals surface area contributed by atoms with E-state index in [1.165, 1.54) is 20.4 Å². The van der Waals surface area contributed by atoms with Gasteiger partial charge in [-0.15, -0.1) is 0 Å². The number of hydrogen-bond donors (Lipinski definition) is 1. The van der Waals surface area contributed by atoms with E-state index in [-0.39, 0.29) is 5.82 Å². The molecule has 1 rings (SSSR count). The van der Waals surface area contributed by atoms with Crippen LogP contribution < -0.4 is 4.72 Å². The summed E-state index contributed by atoms with van der Waals surface area (Å²) in [7, 11) is -0.626.